The third kappa shape index (κ3) is 4.18. The smallest absolute Gasteiger partial charge is 0.325 e. The largest absolute Gasteiger partial charge is 0.468 e. The van der Waals surface area contributed by atoms with Crippen molar-refractivity contribution >= 4 is 5.97 Å². The minimum Gasteiger partial charge on any atom is -0.468 e. The van der Waals surface area contributed by atoms with E-state index >= 15 is 0 Å². The Morgan fingerprint density at radius 3 is 2.90 bits per heavy atom. The van der Waals surface area contributed by atoms with E-state index in [1.807, 2.05) is 13.8 Å². The standard InChI is InChI=1S/C16H31N3O2/c1-4-17-16(2,15(20)21-3)8-6-9-18-11-12-19-10-5-7-14(19)13-18/h14,17H,4-13H2,1-3H3. The highest BCUT2D eigenvalue weighted by Crippen LogP contribution is 2.22. The van der Waals surface area contributed by atoms with Gasteiger partial charge in [0.2, 0.25) is 0 Å². The molecule has 2 heterocycles. The summed E-state index contributed by atoms with van der Waals surface area (Å²) in [5, 5.41) is 3.28. The first kappa shape index (κ1) is 16.7. The third-order valence-corrected chi connectivity index (χ3v) is 5.03. The van der Waals surface area contributed by atoms with Gasteiger partial charge in [0.15, 0.2) is 0 Å². The molecule has 0 spiro atoms. The minimum atomic E-state index is -0.543. The fraction of sp³-hybridized carbons (Fsp3) is 0.938. The highest BCUT2D eigenvalue weighted by Gasteiger charge is 2.34. The van der Waals surface area contributed by atoms with E-state index in [2.05, 4.69) is 15.1 Å². The molecule has 0 saturated carbocycles. The second kappa shape index (κ2) is 7.56. The maximum Gasteiger partial charge on any atom is 0.325 e. The number of carbonyl (C=O) groups excluding carboxylic acids is 1. The van der Waals surface area contributed by atoms with Crippen molar-refractivity contribution in [2.75, 3.05) is 46.4 Å². The number of rotatable bonds is 7. The Hall–Kier alpha value is -0.650. The molecule has 2 aliphatic rings. The number of likely N-dealkylation sites (N-methyl/N-ethyl adjacent to an activating group) is 1. The fourth-order valence-electron chi connectivity index (χ4n) is 3.79. The molecule has 0 aromatic heterocycles. The van der Waals surface area contributed by atoms with E-state index in [0.29, 0.717) is 0 Å². The summed E-state index contributed by atoms with van der Waals surface area (Å²) >= 11 is 0. The summed E-state index contributed by atoms with van der Waals surface area (Å²) in [6.45, 7) is 10.7. The number of fused-ring (bicyclic) bond motifs is 1. The fourth-order valence-corrected chi connectivity index (χ4v) is 3.79. The van der Waals surface area contributed by atoms with Crippen LogP contribution in [0.15, 0.2) is 0 Å². The van der Waals surface area contributed by atoms with Crippen molar-refractivity contribution in [3.8, 4) is 0 Å². The number of piperazine rings is 1. The quantitative estimate of drug-likeness (QED) is 0.713. The Morgan fingerprint density at radius 2 is 2.19 bits per heavy atom. The Bertz CT molecular complexity index is 350. The first-order valence-corrected chi connectivity index (χ1v) is 8.39. The molecule has 21 heavy (non-hydrogen) atoms. The predicted molar refractivity (Wildman–Crippen MR) is 84.4 cm³/mol. The topological polar surface area (TPSA) is 44.8 Å². The van der Waals surface area contributed by atoms with Crippen LogP contribution in [0.4, 0.5) is 0 Å². The summed E-state index contributed by atoms with van der Waals surface area (Å²) in [7, 11) is 1.47. The molecule has 2 aliphatic heterocycles. The molecular weight excluding hydrogens is 266 g/mol. The normalized spacial score (nSPS) is 26.3. The second-order valence-corrected chi connectivity index (χ2v) is 6.59. The molecule has 2 fully saturated rings. The van der Waals surface area contributed by atoms with Gasteiger partial charge in [-0.1, -0.05) is 6.92 Å². The van der Waals surface area contributed by atoms with Crippen LogP contribution in [-0.4, -0.2) is 73.7 Å². The lowest BCUT2D eigenvalue weighted by atomic mass is 9.95. The Labute approximate surface area is 129 Å². The van der Waals surface area contributed by atoms with Crippen molar-refractivity contribution in [2.45, 2.75) is 51.1 Å². The van der Waals surface area contributed by atoms with Crippen molar-refractivity contribution in [1.82, 2.24) is 15.1 Å². The van der Waals surface area contributed by atoms with Crippen LogP contribution in [-0.2, 0) is 9.53 Å². The predicted octanol–water partition coefficient (Wildman–Crippen LogP) is 1.09. The number of hydrogen-bond acceptors (Lipinski definition) is 5. The van der Waals surface area contributed by atoms with Crippen molar-refractivity contribution < 1.29 is 9.53 Å². The van der Waals surface area contributed by atoms with E-state index < -0.39 is 5.54 Å². The van der Waals surface area contributed by atoms with Gasteiger partial charge in [-0.3, -0.25) is 9.69 Å². The maximum atomic E-state index is 12.0. The summed E-state index contributed by atoms with van der Waals surface area (Å²) in [5.74, 6) is -0.148. The molecule has 0 radical (unpaired) electrons. The molecule has 2 atom stereocenters. The molecule has 0 aromatic carbocycles. The van der Waals surface area contributed by atoms with E-state index in [1.165, 1.54) is 46.1 Å². The zero-order valence-corrected chi connectivity index (χ0v) is 13.9. The van der Waals surface area contributed by atoms with Crippen LogP contribution in [0.25, 0.3) is 0 Å². The highest BCUT2D eigenvalue weighted by atomic mass is 16.5. The second-order valence-electron chi connectivity index (χ2n) is 6.59. The summed E-state index contributed by atoms with van der Waals surface area (Å²) < 4.78 is 4.95. The number of methoxy groups -OCH3 is 1. The molecule has 2 saturated heterocycles. The molecular formula is C16H31N3O2. The van der Waals surface area contributed by atoms with Gasteiger partial charge in [-0.15, -0.1) is 0 Å². The zero-order chi connectivity index (χ0) is 15.3. The van der Waals surface area contributed by atoms with Crippen molar-refractivity contribution in [1.29, 1.82) is 0 Å². The van der Waals surface area contributed by atoms with Crippen LogP contribution in [0.3, 0.4) is 0 Å². The van der Waals surface area contributed by atoms with Crippen LogP contribution in [0, 0.1) is 0 Å². The molecule has 0 bridgehead atoms. The van der Waals surface area contributed by atoms with Gasteiger partial charge in [0, 0.05) is 25.7 Å². The van der Waals surface area contributed by atoms with E-state index in [4.69, 9.17) is 4.74 Å². The lowest BCUT2D eigenvalue weighted by Gasteiger charge is -2.38. The van der Waals surface area contributed by atoms with Crippen LogP contribution in [0.5, 0.6) is 0 Å². The highest BCUT2D eigenvalue weighted by molar-refractivity contribution is 5.80. The SMILES string of the molecule is CCNC(C)(CCCN1CCN2CCCC2C1)C(=O)OC. The van der Waals surface area contributed by atoms with Gasteiger partial charge in [-0.05, 0) is 52.2 Å². The number of esters is 1. The average molecular weight is 297 g/mol. The van der Waals surface area contributed by atoms with Crippen molar-refractivity contribution in [2.24, 2.45) is 0 Å². The summed E-state index contributed by atoms with van der Waals surface area (Å²) in [6, 6.07) is 0.777. The molecule has 2 unspecified atom stereocenters. The molecule has 1 N–H and O–H groups in total. The van der Waals surface area contributed by atoms with Crippen LogP contribution >= 0.6 is 0 Å². The Morgan fingerprint density at radius 1 is 1.38 bits per heavy atom. The number of carbonyl (C=O) groups is 1. The first-order valence-electron chi connectivity index (χ1n) is 8.39. The van der Waals surface area contributed by atoms with E-state index in [0.717, 1.165) is 32.0 Å². The van der Waals surface area contributed by atoms with Gasteiger partial charge in [-0.25, -0.2) is 0 Å². The summed E-state index contributed by atoms with van der Waals surface area (Å²) in [5.41, 5.74) is -0.543. The monoisotopic (exact) mass is 297 g/mol. The van der Waals surface area contributed by atoms with Gasteiger partial charge in [-0.2, -0.15) is 0 Å². The first-order chi connectivity index (χ1) is 10.1. The number of nitrogens with one attached hydrogen (secondary N) is 1. The number of nitrogens with zero attached hydrogens (tertiary/aromatic N) is 2. The van der Waals surface area contributed by atoms with E-state index in [9.17, 15) is 4.79 Å². The summed E-state index contributed by atoms with van der Waals surface area (Å²) in [6.07, 6.45) is 4.58. The van der Waals surface area contributed by atoms with Gasteiger partial charge in [0.25, 0.3) is 0 Å². The molecule has 5 heteroatoms. The van der Waals surface area contributed by atoms with Crippen molar-refractivity contribution in [3.63, 3.8) is 0 Å². The lowest BCUT2D eigenvalue weighted by Crippen LogP contribution is -2.52. The van der Waals surface area contributed by atoms with Crippen molar-refractivity contribution in [3.05, 3.63) is 0 Å². The molecule has 0 aliphatic carbocycles. The average Bonchev–Trinajstić information content (AvgIpc) is 2.94. The molecule has 2 rings (SSSR count). The van der Waals surface area contributed by atoms with Gasteiger partial charge >= 0.3 is 5.97 Å². The minimum absolute atomic E-state index is 0.148. The molecule has 122 valence electrons. The van der Waals surface area contributed by atoms with Gasteiger partial charge in [0.1, 0.15) is 5.54 Å². The van der Waals surface area contributed by atoms with Gasteiger partial charge < -0.3 is 15.0 Å². The van der Waals surface area contributed by atoms with E-state index in [-0.39, 0.29) is 5.97 Å². The molecule has 5 nitrogen and oxygen atoms in total. The Kier molecular flexibility index (Phi) is 6.02. The lowest BCUT2D eigenvalue weighted by molar-refractivity contribution is -0.148. The van der Waals surface area contributed by atoms with Gasteiger partial charge in [0.05, 0.1) is 7.11 Å². The van der Waals surface area contributed by atoms with Crippen LogP contribution in [0.2, 0.25) is 0 Å². The van der Waals surface area contributed by atoms with E-state index in [1.54, 1.807) is 0 Å². The van der Waals surface area contributed by atoms with Crippen LogP contribution < -0.4 is 5.32 Å². The molecule has 0 aromatic rings. The number of hydrogen-bond donors (Lipinski definition) is 1. The Balaban J connectivity index is 1.75. The molecule has 0 amide bonds. The number of ether oxygens (including phenoxy) is 1. The maximum absolute atomic E-state index is 12.0. The summed E-state index contributed by atoms with van der Waals surface area (Å²) in [4.78, 5) is 17.1. The zero-order valence-electron chi connectivity index (χ0n) is 13.9. The third-order valence-electron chi connectivity index (χ3n) is 5.03. The van der Waals surface area contributed by atoms with Crippen LogP contribution in [0.1, 0.15) is 39.5 Å².